The highest BCUT2D eigenvalue weighted by molar-refractivity contribution is 5.84. The quantitative estimate of drug-likeness (QED) is 0.537. The van der Waals surface area contributed by atoms with Gasteiger partial charge in [-0.25, -0.2) is 4.79 Å². The molecule has 1 aromatic carbocycles. The molecule has 1 aliphatic carbocycles. The van der Waals surface area contributed by atoms with Gasteiger partial charge in [0.25, 0.3) is 0 Å². The molecule has 1 heterocycles. The first kappa shape index (κ1) is 25.9. The SMILES string of the molecule is CCCN(CC(=O)N(Cc1cccn1Cc1ccccc1)C1CCCCC1)C(=O)NC(C)(C)C. The normalized spacial score (nSPS) is 14.6. The van der Waals surface area contributed by atoms with Crippen LogP contribution >= 0.6 is 0 Å². The highest BCUT2D eigenvalue weighted by atomic mass is 16.2. The van der Waals surface area contributed by atoms with Crippen molar-refractivity contribution in [2.24, 2.45) is 0 Å². The molecule has 6 nitrogen and oxygen atoms in total. The molecule has 1 aliphatic rings. The molecule has 0 unspecified atom stereocenters. The molecule has 3 amide bonds. The number of aromatic nitrogens is 1. The molecule has 34 heavy (non-hydrogen) atoms. The Morgan fingerprint density at radius 1 is 1.03 bits per heavy atom. The van der Waals surface area contributed by atoms with Crippen LogP contribution in [0.4, 0.5) is 4.79 Å². The maximum Gasteiger partial charge on any atom is 0.318 e. The largest absolute Gasteiger partial charge is 0.345 e. The summed E-state index contributed by atoms with van der Waals surface area (Å²) >= 11 is 0. The van der Waals surface area contributed by atoms with Crippen molar-refractivity contribution < 1.29 is 9.59 Å². The Morgan fingerprint density at radius 2 is 1.74 bits per heavy atom. The number of rotatable bonds is 9. The molecule has 0 spiro atoms. The summed E-state index contributed by atoms with van der Waals surface area (Å²) in [5.41, 5.74) is 2.03. The van der Waals surface area contributed by atoms with E-state index in [0.29, 0.717) is 13.1 Å². The lowest BCUT2D eigenvalue weighted by atomic mass is 9.94. The summed E-state index contributed by atoms with van der Waals surface area (Å²) in [6.07, 6.45) is 8.52. The lowest BCUT2D eigenvalue weighted by molar-refractivity contribution is -0.135. The minimum atomic E-state index is -0.340. The smallest absolute Gasteiger partial charge is 0.318 e. The third kappa shape index (κ3) is 7.64. The Hall–Kier alpha value is -2.76. The van der Waals surface area contributed by atoms with Crippen LogP contribution in [0, 0.1) is 0 Å². The topological polar surface area (TPSA) is 57.6 Å². The molecular weight excluding hydrogens is 424 g/mol. The van der Waals surface area contributed by atoms with E-state index >= 15 is 0 Å². The van der Waals surface area contributed by atoms with Gasteiger partial charge < -0.3 is 19.7 Å². The second kappa shape index (κ2) is 12.1. The van der Waals surface area contributed by atoms with Gasteiger partial charge in [-0.15, -0.1) is 0 Å². The minimum absolute atomic E-state index is 0.0388. The van der Waals surface area contributed by atoms with Crippen molar-refractivity contribution >= 4 is 11.9 Å². The molecule has 0 bridgehead atoms. The number of carbonyl (C=O) groups excluding carboxylic acids is 2. The fourth-order valence-electron chi connectivity index (χ4n) is 4.69. The summed E-state index contributed by atoms with van der Waals surface area (Å²) in [6.45, 7) is 9.97. The number of nitrogens with one attached hydrogen (secondary N) is 1. The van der Waals surface area contributed by atoms with Crippen LogP contribution in [0.1, 0.15) is 77.5 Å². The number of carbonyl (C=O) groups is 2. The molecule has 0 saturated heterocycles. The first-order valence-corrected chi connectivity index (χ1v) is 12.8. The molecule has 1 saturated carbocycles. The Balaban J connectivity index is 1.77. The van der Waals surface area contributed by atoms with E-state index in [1.54, 1.807) is 4.90 Å². The molecule has 186 valence electrons. The van der Waals surface area contributed by atoms with Crippen molar-refractivity contribution in [3.05, 3.63) is 59.9 Å². The Bertz CT molecular complexity index is 910. The maximum atomic E-state index is 13.7. The zero-order chi connectivity index (χ0) is 24.6. The van der Waals surface area contributed by atoms with E-state index in [2.05, 4.69) is 52.5 Å². The van der Waals surface area contributed by atoms with Gasteiger partial charge in [0.05, 0.1) is 6.54 Å². The highest BCUT2D eigenvalue weighted by Crippen LogP contribution is 2.25. The molecule has 0 radical (unpaired) electrons. The number of amides is 3. The molecule has 0 atom stereocenters. The summed E-state index contributed by atoms with van der Waals surface area (Å²) in [7, 11) is 0. The zero-order valence-corrected chi connectivity index (χ0v) is 21.4. The standard InChI is InChI=1S/C28H42N4O2/c1-5-18-31(27(34)29-28(2,3)4)22-26(33)32(24-15-10-7-11-16-24)21-25-17-12-19-30(25)20-23-13-8-6-9-14-23/h6,8-9,12-14,17,19,24H,5,7,10-11,15-16,18,20-22H2,1-4H3,(H,29,34). The van der Waals surface area contributed by atoms with Crippen molar-refractivity contribution in [2.45, 2.75) is 90.9 Å². The molecule has 0 aliphatic heterocycles. The maximum absolute atomic E-state index is 13.7. The van der Waals surface area contributed by atoms with Crippen LogP contribution in [0.2, 0.25) is 0 Å². The molecule has 6 heteroatoms. The monoisotopic (exact) mass is 466 g/mol. The van der Waals surface area contributed by atoms with E-state index < -0.39 is 0 Å². The number of urea groups is 1. The summed E-state index contributed by atoms with van der Waals surface area (Å²) in [6, 6.07) is 14.6. The first-order valence-electron chi connectivity index (χ1n) is 12.8. The Labute approximate surface area is 205 Å². The fourth-order valence-corrected chi connectivity index (χ4v) is 4.69. The second-order valence-electron chi connectivity index (χ2n) is 10.5. The lowest BCUT2D eigenvalue weighted by Crippen LogP contribution is -2.53. The van der Waals surface area contributed by atoms with Gasteiger partial charge in [0.1, 0.15) is 6.54 Å². The van der Waals surface area contributed by atoms with E-state index in [0.717, 1.165) is 44.3 Å². The highest BCUT2D eigenvalue weighted by Gasteiger charge is 2.29. The molecule has 1 N–H and O–H groups in total. The fraction of sp³-hybridized carbons (Fsp3) is 0.571. The number of nitrogens with zero attached hydrogens (tertiary/aromatic N) is 3. The van der Waals surface area contributed by atoms with E-state index in [4.69, 9.17) is 0 Å². The second-order valence-corrected chi connectivity index (χ2v) is 10.5. The third-order valence-electron chi connectivity index (χ3n) is 6.38. The third-order valence-corrected chi connectivity index (χ3v) is 6.38. The van der Waals surface area contributed by atoms with Gasteiger partial charge in [-0.3, -0.25) is 4.79 Å². The summed E-state index contributed by atoms with van der Waals surface area (Å²) in [4.78, 5) is 30.3. The average molecular weight is 467 g/mol. The van der Waals surface area contributed by atoms with Crippen LogP contribution < -0.4 is 5.32 Å². The molecular formula is C28H42N4O2. The van der Waals surface area contributed by atoms with Crippen molar-refractivity contribution in [1.29, 1.82) is 0 Å². The van der Waals surface area contributed by atoms with E-state index in [9.17, 15) is 9.59 Å². The summed E-state index contributed by atoms with van der Waals surface area (Å²) in [5.74, 6) is 0.0388. The Morgan fingerprint density at radius 3 is 2.38 bits per heavy atom. The lowest BCUT2D eigenvalue weighted by Gasteiger charge is -2.36. The van der Waals surface area contributed by atoms with Crippen LogP contribution in [-0.2, 0) is 17.9 Å². The van der Waals surface area contributed by atoms with Gasteiger partial charge in [0.15, 0.2) is 0 Å². The van der Waals surface area contributed by atoms with Gasteiger partial charge in [-0.2, -0.15) is 0 Å². The van der Waals surface area contributed by atoms with Crippen molar-refractivity contribution in [2.75, 3.05) is 13.1 Å². The number of hydrogen-bond donors (Lipinski definition) is 1. The molecule has 2 aromatic rings. The molecule has 1 aromatic heterocycles. The number of hydrogen-bond acceptors (Lipinski definition) is 2. The first-order chi connectivity index (χ1) is 16.3. The van der Waals surface area contributed by atoms with Crippen LogP contribution in [0.5, 0.6) is 0 Å². The van der Waals surface area contributed by atoms with Crippen LogP contribution in [0.15, 0.2) is 48.7 Å². The van der Waals surface area contributed by atoms with Gasteiger partial charge in [-0.05, 0) is 57.7 Å². The van der Waals surface area contributed by atoms with Gasteiger partial charge in [0, 0.05) is 36.6 Å². The molecule has 3 rings (SSSR count). The van der Waals surface area contributed by atoms with Crippen LogP contribution in [0.25, 0.3) is 0 Å². The van der Waals surface area contributed by atoms with Crippen molar-refractivity contribution in [3.8, 4) is 0 Å². The Kier molecular flexibility index (Phi) is 9.20. The van der Waals surface area contributed by atoms with Gasteiger partial charge in [-0.1, -0.05) is 56.5 Å². The summed E-state index contributed by atoms with van der Waals surface area (Å²) < 4.78 is 2.23. The predicted octanol–water partition coefficient (Wildman–Crippen LogP) is 5.42. The summed E-state index contributed by atoms with van der Waals surface area (Å²) in [5, 5.41) is 3.02. The number of benzene rings is 1. The van der Waals surface area contributed by atoms with Crippen molar-refractivity contribution in [1.82, 2.24) is 19.7 Å². The average Bonchev–Trinajstić information content (AvgIpc) is 3.23. The van der Waals surface area contributed by atoms with E-state index in [1.807, 2.05) is 38.7 Å². The molecule has 1 fully saturated rings. The van der Waals surface area contributed by atoms with Gasteiger partial charge in [0.2, 0.25) is 5.91 Å². The van der Waals surface area contributed by atoms with Crippen LogP contribution in [-0.4, -0.2) is 51.0 Å². The minimum Gasteiger partial charge on any atom is -0.345 e. The van der Waals surface area contributed by atoms with Gasteiger partial charge >= 0.3 is 6.03 Å². The van der Waals surface area contributed by atoms with E-state index in [1.165, 1.54) is 12.0 Å². The predicted molar refractivity (Wildman–Crippen MR) is 138 cm³/mol. The van der Waals surface area contributed by atoms with Crippen molar-refractivity contribution in [3.63, 3.8) is 0 Å². The van der Waals surface area contributed by atoms with E-state index in [-0.39, 0.29) is 30.1 Å². The zero-order valence-electron chi connectivity index (χ0n) is 21.4. The van der Waals surface area contributed by atoms with Crippen LogP contribution in [0.3, 0.4) is 0 Å².